The molecule has 0 aliphatic carbocycles. The molecule has 0 amide bonds. The molecule has 0 unspecified atom stereocenters. The minimum absolute atomic E-state index is 0.505. The van der Waals surface area contributed by atoms with Crippen LogP contribution in [0, 0.1) is 0 Å². The highest BCUT2D eigenvalue weighted by Crippen LogP contribution is 2.25. The van der Waals surface area contributed by atoms with Crippen LogP contribution < -0.4 is 4.74 Å². The highest BCUT2D eigenvalue weighted by atomic mass is 35.5. The van der Waals surface area contributed by atoms with E-state index < -0.39 is 0 Å². The number of halogens is 1. The van der Waals surface area contributed by atoms with Gasteiger partial charge in [-0.15, -0.1) is 0 Å². The summed E-state index contributed by atoms with van der Waals surface area (Å²) in [5.74, 6) is 0.586. The van der Waals surface area contributed by atoms with E-state index in [9.17, 15) is 0 Å². The highest BCUT2D eigenvalue weighted by Gasteiger charge is 2.03. The molecule has 62 valence electrons. The van der Waals surface area contributed by atoms with Gasteiger partial charge >= 0.3 is 0 Å². The molecule has 0 bridgehead atoms. The van der Waals surface area contributed by atoms with Crippen LogP contribution in [0.25, 0.3) is 10.3 Å². The lowest BCUT2D eigenvalue weighted by Crippen LogP contribution is -1.85. The number of aromatic nitrogens is 2. The number of fused-ring (bicyclic) bond motifs is 1. The number of methoxy groups -OCH3 is 1. The predicted molar refractivity (Wildman–Crippen MR) is 49.0 cm³/mol. The Balaban J connectivity index is 2.66. The van der Waals surface area contributed by atoms with E-state index in [0.717, 1.165) is 10.3 Å². The molecule has 0 N–H and O–H groups in total. The standard InChI is InChI=1S/C7H5ClN2OS/c1-11-5-3-2-4-6(10-5)12-7(8)9-4/h2-3H,1H3. The molecule has 3 nitrogen and oxygen atoms in total. The van der Waals surface area contributed by atoms with Gasteiger partial charge in [-0.25, -0.2) is 9.97 Å². The summed E-state index contributed by atoms with van der Waals surface area (Å²) in [7, 11) is 1.58. The normalized spacial score (nSPS) is 10.5. The lowest BCUT2D eigenvalue weighted by atomic mass is 10.4. The first-order valence-corrected chi connectivity index (χ1v) is 4.46. The largest absolute Gasteiger partial charge is 0.481 e. The van der Waals surface area contributed by atoms with E-state index in [1.165, 1.54) is 11.3 Å². The Morgan fingerprint density at radius 3 is 3.00 bits per heavy atom. The molecule has 2 aromatic heterocycles. The smallest absolute Gasteiger partial charge is 0.214 e. The van der Waals surface area contributed by atoms with E-state index in [0.29, 0.717) is 10.3 Å². The fourth-order valence-corrected chi connectivity index (χ4v) is 1.86. The molecule has 0 aromatic carbocycles. The van der Waals surface area contributed by atoms with Crippen LogP contribution in [0.15, 0.2) is 12.1 Å². The third-order valence-electron chi connectivity index (χ3n) is 1.41. The van der Waals surface area contributed by atoms with Crippen molar-refractivity contribution in [3.63, 3.8) is 0 Å². The van der Waals surface area contributed by atoms with Crippen molar-refractivity contribution in [1.82, 2.24) is 9.97 Å². The Morgan fingerprint density at radius 2 is 2.25 bits per heavy atom. The zero-order valence-corrected chi connectivity index (χ0v) is 7.82. The third-order valence-corrected chi connectivity index (χ3v) is 2.48. The van der Waals surface area contributed by atoms with Gasteiger partial charge in [0.05, 0.1) is 7.11 Å². The van der Waals surface area contributed by atoms with Crippen LogP contribution in [-0.2, 0) is 0 Å². The molecule has 0 aliphatic heterocycles. The predicted octanol–water partition coefficient (Wildman–Crippen LogP) is 2.35. The summed E-state index contributed by atoms with van der Waals surface area (Å²) in [6.07, 6.45) is 0. The molecular weight excluding hydrogens is 196 g/mol. The van der Waals surface area contributed by atoms with Crippen LogP contribution >= 0.6 is 22.9 Å². The number of nitrogens with zero attached hydrogens (tertiary/aromatic N) is 2. The van der Waals surface area contributed by atoms with Gasteiger partial charge in [0, 0.05) is 6.07 Å². The van der Waals surface area contributed by atoms with Crippen LogP contribution in [0.3, 0.4) is 0 Å². The topological polar surface area (TPSA) is 35.0 Å². The molecule has 0 radical (unpaired) electrons. The van der Waals surface area contributed by atoms with Gasteiger partial charge in [0.2, 0.25) is 5.88 Å². The van der Waals surface area contributed by atoms with Gasteiger partial charge in [0.1, 0.15) is 10.3 Å². The number of pyridine rings is 1. The molecule has 2 heterocycles. The summed E-state index contributed by atoms with van der Waals surface area (Å²) in [4.78, 5) is 9.02. The molecule has 5 heteroatoms. The molecule has 0 saturated carbocycles. The van der Waals surface area contributed by atoms with Crippen molar-refractivity contribution in [2.24, 2.45) is 0 Å². The average molecular weight is 201 g/mol. The first-order chi connectivity index (χ1) is 5.79. The van der Waals surface area contributed by atoms with Crippen molar-refractivity contribution in [3.05, 3.63) is 16.6 Å². The maximum atomic E-state index is 5.71. The second-order valence-electron chi connectivity index (χ2n) is 2.14. The van der Waals surface area contributed by atoms with Gasteiger partial charge in [-0.05, 0) is 6.07 Å². The Labute approximate surface area is 78.0 Å². The number of rotatable bonds is 1. The van der Waals surface area contributed by atoms with Crippen LogP contribution in [0.2, 0.25) is 4.47 Å². The fourth-order valence-electron chi connectivity index (χ4n) is 0.887. The molecule has 0 aliphatic rings. The SMILES string of the molecule is COc1ccc2nc(Cl)sc2n1. The van der Waals surface area contributed by atoms with Crippen molar-refractivity contribution >= 4 is 33.3 Å². The minimum Gasteiger partial charge on any atom is -0.481 e. The molecular formula is C7H5ClN2OS. The van der Waals surface area contributed by atoms with E-state index in [2.05, 4.69) is 9.97 Å². The Kier molecular flexibility index (Phi) is 1.86. The lowest BCUT2D eigenvalue weighted by Gasteiger charge is -1.94. The van der Waals surface area contributed by atoms with E-state index in [4.69, 9.17) is 16.3 Å². The fraction of sp³-hybridized carbons (Fsp3) is 0.143. The van der Waals surface area contributed by atoms with Crippen LogP contribution in [0.5, 0.6) is 5.88 Å². The zero-order valence-electron chi connectivity index (χ0n) is 6.24. The second kappa shape index (κ2) is 2.88. The van der Waals surface area contributed by atoms with E-state index in [1.54, 1.807) is 13.2 Å². The van der Waals surface area contributed by atoms with Gasteiger partial charge < -0.3 is 4.74 Å². The Bertz CT molecular complexity index is 415. The summed E-state index contributed by atoms with van der Waals surface area (Å²) in [5, 5.41) is 0. The summed E-state index contributed by atoms with van der Waals surface area (Å²) >= 11 is 7.05. The maximum Gasteiger partial charge on any atom is 0.214 e. The molecule has 2 rings (SSSR count). The highest BCUT2D eigenvalue weighted by molar-refractivity contribution is 7.21. The molecule has 0 spiro atoms. The Hall–Kier alpha value is -0.870. The minimum atomic E-state index is 0.505. The molecule has 12 heavy (non-hydrogen) atoms. The first kappa shape index (κ1) is 7.76. The van der Waals surface area contributed by atoms with E-state index >= 15 is 0 Å². The van der Waals surface area contributed by atoms with Crippen molar-refractivity contribution in [2.75, 3.05) is 7.11 Å². The molecule has 2 aromatic rings. The van der Waals surface area contributed by atoms with E-state index in [1.807, 2.05) is 6.07 Å². The summed E-state index contributed by atoms with van der Waals surface area (Å²) in [6.45, 7) is 0. The van der Waals surface area contributed by atoms with Crippen LogP contribution in [-0.4, -0.2) is 17.1 Å². The quantitative estimate of drug-likeness (QED) is 0.709. The summed E-state index contributed by atoms with van der Waals surface area (Å²) in [5.41, 5.74) is 0.811. The lowest BCUT2D eigenvalue weighted by molar-refractivity contribution is 0.400. The number of hydrogen-bond donors (Lipinski definition) is 0. The molecule has 0 atom stereocenters. The average Bonchev–Trinajstić information content (AvgIpc) is 2.43. The van der Waals surface area contributed by atoms with Crippen molar-refractivity contribution < 1.29 is 4.74 Å². The van der Waals surface area contributed by atoms with Crippen molar-refractivity contribution in [2.45, 2.75) is 0 Å². The number of thiazole rings is 1. The van der Waals surface area contributed by atoms with Gasteiger partial charge in [-0.3, -0.25) is 0 Å². The van der Waals surface area contributed by atoms with Gasteiger partial charge in [-0.2, -0.15) is 0 Å². The summed E-state index contributed by atoms with van der Waals surface area (Å²) < 4.78 is 5.46. The van der Waals surface area contributed by atoms with Crippen molar-refractivity contribution in [3.8, 4) is 5.88 Å². The van der Waals surface area contributed by atoms with Gasteiger partial charge in [-0.1, -0.05) is 22.9 Å². The molecule has 0 fully saturated rings. The van der Waals surface area contributed by atoms with Gasteiger partial charge in [0.15, 0.2) is 4.47 Å². The zero-order chi connectivity index (χ0) is 8.55. The second-order valence-corrected chi connectivity index (χ2v) is 3.70. The van der Waals surface area contributed by atoms with Gasteiger partial charge in [0.25, 0.3) is 0 Å². The number of hydrogen-bond acceptors (Lipinski definition) is 4. The van der Waals surface area contributed by atoms with Crippen LogP contribution in [0.1, 0.15) is 0 Å². The maximum absolute atomic E-state index is 5.71. The summed E-state index contributed by atoms with van der Waals surface area (Å²) in [6, 6.07) is 3.60. The van der Waals surface area contributed by atoms with E-state index in [-0.39, 0.29) is 0 Å². The first-order valence-electron chi connectivity index (χ1n) is 3.26. The number of ether oxygens (including phenoxy) is 1. The third kappa shape index (κ3) is 1.23. The Morgan fingerprint density at radius 1 is 1.42 bits per heavy atom. The van der Waals surface area contributed by atoms with Crippen molar-refractivity contribution in [1.29, 1.82) is 0 Å². The van der Waals surface area contributed by atoms with Crippen LogP contribution in [0.4, 0.5) is 0 Å². The monoisotopic (exact) mass is 200 g/mol. The molecule has 0 saturated heterocycles.